The van der Waals surface area contributed by atoms with Gasteiger partial charge in [-0.05, 0) is 12.5 Å². The molecule has 1 unspecified atom stereocenters. The van der Waals surface area contributed by atoms with E-state index in [0.29, 0.717) is 18.5 Å². The third-order valence-corrected chi connectivity index (χ3v) is 3.27. The van der Waals surface area contributed by atoms with E-state index in [1.165, 1.54) is 11.3 Å². The number of carbonyl (C=O) groups is 1. The Morgan fingerprint density at radius 2 is 2.50 bits per heavy atom. The summed E-state index contributed by atoms with van der Waals surface area (Å²) in [6.07, 6.45) is 1.42. The summed E-state index contributed by atoms with van der Waals surface area (Å²) in [6, 6.07) is 4.15. The van der Waals surface area contributed by atoms with Crippen molar-refractivity contribution in [1.82, 2.24) is 5.32 Å². The molecule has 3 N–H and O–H groups in total. The van der Waals surface area contributed by atoms with Crippen LogP contribution in [0.25, 0.3) is 0 Å². The molecule has 1 aromatic heterocycles. The van der Waals surface area contributed by atoms with E-state index in [9.17, 15) is 4.79 Å². The SMILES string of the molecule is CCC(CC#N)NCc1cc(C(N)=O)cs1. The molecule has 5 heteroatoms. The minimum Gasteiger partial charge on any atom is -0.366 e. The van der Waals surface area contributed by atoms with Gasteiger partial charge in [0.15, 0.2) is 0 Å². The number of hydrogen-bond donors (Lipinski definition) is 2. The molecule has 16 heavy (non-hydrogen) atoms. The highest BCUT2D eigenvalue weighted by Crippen LogP contribution is 2.14. The minimum atomic E-state index is -0.397. The van der Waals surface area contributed by atoms with Crippen LogP contribution in [0.15, 0.2) is 11.4 Å². The molecule has 1 aromatic rings. The predicted molar refractivity (Wildman–Crippen MR) is 64.0 cm³/mol. The Morgan fingerprint density at radius 3 is 3.00 bits per heavy atom. The number of thiophene rings is 1. The molecule has 0 saturated carbocycles. The summed E-state index contributed by atoms with van der Waals surface area (Å²) in [6.45, 7) is 2.72. The number of amides is 1. The predicted octanol–water partition coefficient (Wildman–Crippen LogP) is 1.63. The first-order valence-electron chi connectivity index (χ1n) is 5.15. The van der Waals surface area contributed by atoms with Crippen molar-refractivity contribution in [3.63, 3.8) is 0 Å². The Bertz CT molecular complexity index is 394. The molecule has 0 fully saturated rings. The van der Waals surface area contributed by atoms with Gasteiger partial charge in [0.05, 0.1) is 18.1 Å². The monoisotopic (exact) mass is 237 g/mol. The second kappa shape index (κ2) is 6.26. The summed E-state index contributed by atoms with van der Waals surface area (Å²) < 4.78 is 0. The van der Waals surface area contributed by atoms with Gasteiger partial charge < -0.3 is 11.1 Å². The van der Waals surface area contributed by atoms with Crippen molar-refractivity contribution in [2.75, 3.05) is 0 Å². The van der Waals surface area contributed by atoms with Gasteiger partial charge in [-0.25, -0.2) is 0 Å². The standard InChI is InChI=1S/C11H15N3OS/c1-2-9(3-4-12)14-6-10-5-8(7-16-10)11(13)15/h5,7,9,14H,2-3,6H2,1H3,(H2,13,15). The lowest BCUT2D eigenvalue weighted by Gasteiger charge is -2.11. The average Bonchev–Trinajstić information content (AvgIpc) is 2.73. The van der Waals surface area contributed by atoms with E-state index in [1.54, 1.807) is 11.4 Å². The largest absolute Gasteiger partial charge is 0.366 e. The van der Waals surface area contributed by atoms with Crippen molar-refractivity contribution in [3.05, 3.63) is 21.9 Å². The molecule has 0 aliphatic heterocycles. The van der Waals surface area contributed by atoms with Crippen LogP contribution >= 0.6 is 11.3 Å². The fourth-order valence-electron chi connectivity index (χ4n) is 1.32. The highest BCUT2D eigenvalue weighted by atomic mass is 32.1. The Kier molecular flexibility index (Phi) is 4.96. The zero-order valence-corrected chi connectivity index (χ0v) is 10.0. The van der Waals surface area contributed by atoms with Crippen LogP contribution in [0.1, 0.15) is 35.0 Å². The zero-order chi connectivity index (χ0) is 12.0. The van der Waals surface area contributed by atoms with Crippen LogP contribution < -0.4 is 11.1 Å². The quantitative estimate of drug-likeness (QED) is 0.789. The fourth-order valence-corrected chi connectivity index (χ4v) is 2.14. The summed E-state index contributed by atoms with van der Waals surface area (Å²) in [7, 11) is 0. The van der Waals surface area contributed by atoms with E-state index in [2.05, 4.69) is 11.4 Å². The normalized spacial score (nSPS) is 12.0. The molecular formula is C11H15N3OS. The van der Waals surface area contributed by atoms with Crippen molar-refractivity contribution in [3.8, 4) is 6.07 Å². The highest BCUT2D eigenvalue weighted by molar-refractivity contribution is 7.10. The minimum absolute atomic E-state index is 0.212. The first-order valence-corrected chi connectivity index (χ1v) is 6.02. The number of primary amides is 1. The van der Waals surface area contributed by atoms with Gasteiger partial charge in [-0.3, -0.25) is 4.79 Å². The Labute approximate surface area is 99.1 Å². The number of nitriles is 1. The topological polar surface area (TPSA) is 78.9 Å². The van der Waals surface area contributed by atoms with Gasteiger partial charge in [-0.2, -0.15) is 5.26 Å². The van der Waals surface area contributed by atoms with Gasteiger partial charge in [0.2, 0.25) is 5.91 Å². The summed E-state index contributed by atoms with van der Waals surface area (Å²) >= 11 is 1.50. The van der Waals surface area contributed by atoms with Gasteiger partial charge in [-0.15, -0.1) is 11.3 Å². The van der Waals surface area contributed by atoms with Gasteiger partial charge >= 0.3 is 0 Å². The molecule has 0 spiro atoms. The molecule has 0 aliphatic carbocycles. The maximum atomic E-state index is 10.9. The van der Waals surface area contributed by atoms with Gasteiger partial charge in [0, 0.05) is 22.8 Å². The van der Waals surface area contributed by atoms with Gasteiger partial charge in [-0.1, -0.05) is 6.92 Å². The number of nitrogens with two attached hydrogens (primary N) is 1. The van der Waals surface area contributed by atoms with E-state index in [0.717, 1.165) is 11.3 Å². The maximum Gasteiger partial charge on any atom is 0.249 e. The van der Waals surface area contributed by atoms with Crippen LogP contribution in [0.5, 0.6) is 0 Å². The Hall–Kier alpha value is -1.38. The third kappa shape index (κ3) is 3.65. The Morgan fingerprint density at radius 1 is 1.75 bits per heavy atom. The van der Waals surface area contributed by atoms with E-state index >= 15 is 0 Å². The molecule has 0 bridgehead atoms. The summed E-state index contributed by atoms with van der Waals surface area (Å²) in [5, 5.41) is 13.6. The van der Waals surface area contributed by atoms with Crippen molar-refractivity contribution in [2.24, 2.45) is 5.73 Å². The smallest absolute Gasteiger partial charge is 0.249 e. The fraction of sp³-hybridized carbons (Fsp3) is 0.455. The molecule has 1 heterocycles. The number of hydrogen-bond acceptors (Lipinski definition) is 4. The maximum absolute atomic E-state index is 10.9. The Balaban J connectivity index is 2.47. The van der Waals surface area contributed by atoms with Crippen LogP contribution in [0.2, 0.25) is 0 Å². The highest BCUT2D eigenvalue weighted by Gasteiger charge is 2.07. The number of nitrogens with one attached hydrogen (secondary N) is 1. The molecule has 1 rings (SSSR count). The van der Waals surface area contributed by atoms with Crippen molar-refractivity contribution in [1.29, 1.82) is 5.26 Å². The summed E-state index contributed by atoms with van der Waals surface area (Å²) in [4.78, 5) is 11.9. The van der Waals surface area contributed by atoms with Crippen LogP contribution in [0, 0.1) is 11.3 Å². The molecule has 0 radical (unpaired) electrons. The van der Waals surface area contributed by atoms with Crippen LogP contribution in [0.3, 0.4) is 0 Å². The third-order valence-electron chi connectivity index (χ3n) is 2.33. The molecule has 0 aromatic carbocycles. The number of carbonyl (C=O) groups excluding carboxylic acids is 1. The second-order valence-electron chi connectivity index (χ2n) is 3.51. The lowest BCUT2D eigenvalue weighted by molar-refractivity contribution is 0.100. The lowest BCUT2D eigenvalue weighted by Crippen LogP contribution is -2.27. The molecule has 4 nitrogen and oxygen atoms in total. The second-order valence-corrected chi connectivity index (χ2v) is 4.51. The molecule has 1 atom stereocenters. The molecule has 0 aliphatic rings. The van der Waals surface area contributed by atoms with Crippen molar-refractivity contribution >= 4 is 17.2 Å². The molecule has 86 valence electrons. The summed E-state index contributed by atoms with van der Waals surface area (Å²) in [5.74, 6) is -0.397. The van der Waals surface area contributed by atoms with Crippen LogP contribution in [0.4, 0.5) is 0 Å². The van der Waals surface area contributed by atoms with E-state index < -0.39 is 5.91 Å². The van der Waals surface area contributed by atoms with Crippen molar-refractivity contribution < 1.29 is 4.79 Å². The molecular weight excluding hydrogens is 222 g/mol. The zero-order valence-electron chi connectivity index (χ0n) is 9.19. The average molecular weight is 237 g/mol. The first-order chi connectivity index (χ1) is 7.67. The van der Waals surface area contributed by atoms with Gasteiger partial charge in [0.1, 0.15) is 0 Å². The molecule has 1 amide bonds. The molecule has 0 saturated heterocycles. The van der Waals surface area contributed by atoms with Crippen LogP contribution in [-0.4, -0.2) is 11.9 Å². The van der Waals surface area contributed by atoms with Crippen LogP contribution in [-0.2, 0) is 6.54 Å². The van der Waals surface area contributed by atoms with E-state index in [-0.39, 0.29) is 6.04 Å². The first kappa shape index (κ1) is 12.7. The van der Waals surface area contributed by atoms with E-state index in [4.69, 9.17) is 11.0 Å². The van der Waals surface area contributed by atoms with Crippen molar-refractivity contribution in [2.45, 2.75) is 32.4 Å². The van der Waals surface area contributed by atoms with E-state index in [1.807, 2.05) is 6.92 Å². The lowest BCUT2D eigenvalue weighted by atomic mass is 10.1. The number of rotatable bonds is 6. The summed E-state index contributed by atoms with van der Waals surface area (Å²) in [5.41, 5.74) is 5.71. The van der Waals surface area contributed by atoms with Gasteiger partial charge in [0.25, 0.3) is 0 Å². The number of nitrogens with zero attached hydrogens (tertiary/aromatic N) is 1.